The monoisotopic (exact) mass is 452 g/mol. The smallest absolute Gasteiger partial charge is 0.790 e. The van der Waals surface area contributed by atoms with Crippen LogP contribution < -0.4 is 68.9 Å². The number of ketones is 1. The Morgan fingerprint density at radius 3 is 1.93 bits per heavy atom. The fourth-order valence-electron chi connectivity index (χ4n) is 1.23. The molecule has 0 amide bonds. The van der Waals surface area contributed by atoms with E-state index in [1.54, 1.807) is 0 Å². The summed E-state index contributed by atoms with van der Waals surface area (Å²) in [5, 5.41) is 0. The summed E-state index contributed by atoms with van der Waals surface area (Å²) in [6.45, 7) is 0.595. The van der Waals surface area contributed by atoms with E-state index < -0.39 is 26.5 Å². The zero-order chi connectivity index (χ0) is 20.5. The quantitative estimate of drug-likeness (QED) is 0.126. The van der Waals surface area contributed by atoms with Crippen LogP contribution in [-0.4, -0.2) is 24.5 Å². The molecule has 0 unspecified atom stereocenters. The SMILES string of the molecule is C#CC#CC#CC#CC#CC#CC(=O)O[C@@H](CCC(C)=O)COP(=O)([O-])[O-].[HH].[HH].[HH].[HH].[HH].[HH].[HH].[HH].[HH].[HH].[HH].[HH].[Na+].[Na+]. The third-order valence-electron chi connectivity index (χ3n) is 2.25. The summed E-state index contributed by atoms with van der Waals surface area (Å²) in [6, 6.07) is 0. The van der Waals surface area contributed by atoms with E-state index >= 15 is 0 Å². The van der Waals surface area contributed by atoms with Crippen LogP contribution in [0.15, 0.2) is 0 Å². The molecule has 0 radical (unpaired) electrons. The minimum absolute atomic E-state index is 0. The first-order chi connectivity index (χ1) is 12.7. The van der Waals surface area contributed by atoms with Crippen LogP contribution in [0.3, 0.4) is 0 Å². The molecular weight excluding hydrogens is 417 g/mol. The summed E-state index contributed by atoms with van der Waals surface area (Å²) in [5.74, 6) is 23.5. The number of carbonyl (C=O) groups is 2. The van der Waals surface area contributed by atoms with Crippen molar-refractivity contribution in [1.82, 2.24) is 0 Å². The van der Waals surface area contributed by atoms with Crippen LogP contribution in [0.5, 0.6) is 0 Å². The molecule has 0 aliphatic carbocycles. The maximum absolute atomic E-state index is 11.5. The van der Waals surface area contributed by atoms with Crippen molar-refractivity contribution in [2.75, 3.05) is 6.61 Å². The molecule has 10 heteroatoms. The molecule has 0 bridgehead atoms. The van der Waals surface area contributed by atoms with Crippen LogP contribution in [0.25, 0.3) is 0 Å². The molecule has 0 spiro atoms. The summed E-state index contributed by atoms with van der Waals surface area (Å²) in [5.41, 5.74) is 0. The van der Waals surface area contributed by atoms with Crippen LogP contribution in [0, 0.1) is 71.5 Å². The topological polar surface area (TPSA) is 116 Å². The van der Waals surface area contributed by atoms with Crippen molar-refractivity contribution in [3.8, 4) is 71.5 Å². The molecule has 1 atom stereocenters. The predicted octanol–water partition coefficient (Wildman–Crippen LogP) is -4.28. The number of terminal acetylenes is 1. The number of phosphoric ester groups is 1. The van der Waals surface area contributed by atoms with Gasteiger partial charge < -0.3 is 28.4 Å². The van der Waals surface area contributed by atoms with Gasteiger partial charge in [0.25, 0.3) is 0 Å². The van der Waals surface area contributed by atoms with E-state index in [-0.39, 0.29) is 94.9 Å². The van der Waals surface area contributed by atoms with E-state index in [0.29, 0.717) is 0 Å². The maximum Gasteiger partial charge on any atom is 1.00 e. The molecule has 0 fully saturated rings. The standard InChI is InChI=1S/C19H13O7P.2Na.12H2/c1-3-4-5-6-7-8-9-10-11-12-13-19(21)26-18(15-14-17(2)20)16-25-27(22,23)24;;;;;;;;;;;;;;/h1,18H,14-16H2,2H3,(H2,22,23,24);;;12*1H/q;2*+1;;;;;;;;;;;;/p-2/t18-;;;;;;;;;;;;;;/m0............../s1. The Balaban J connectivity index is -0.0000000371. The van der Waals surface area contributed by atoms with Gasteiger partial charge in [0, 0.05) is 29.5 Å². The Morgan fingerprint density at radius 2 is 1.48 bits per heavy atom. The minimum Gasteiger partial charge on any atom is -0.790 e. The van der Waals surface area contributed by atoms with E-state index in [0.717, 1.165) is 0 Å². The molecule has 0 aromatic rings. The second-order valence-electron chi connectivity index (χ2n) is 4.41. The molecule has 0 aromatic carbocycles. The number of hydrogen-bond acceptors (Lipinski definition) is 7. The second-order valence-corrected chi connectivity index (χ2v) is 5.56. The molecule has 0 aromatic heterocycles. The Bertz CT molecular complexity index is 1000. The number of rotatable bonds is 7. The van der Waals surface area contributed by atoms with Gasteiger partial charge in [-0.2, -0.15) is 0 Å². The number of carbonyl (C=O) groups excluding carboxylic acids is 2. The van der Waals surface area contributed by atoms with E-state index in [2.05, 4.69) is 63.7 Å². The molecule has 29 heavy (non-hydrogen) atoms. The van der Waals surface area contributed by atoms with Crippen LogP contribution in [-0.2, 0) is 23.4 Å². The number of phosphoric acid groups is 1. The average Bonchev–Trinajstić information content (AvgIpc) is 2.58. The van der Waals surface area contributed by atoms with Crippen LogP contribution >= 0.6 is 7.82 Å². The fourth-order valence-corrected chi connectivity index (χ4v) is 1.58. The molecule has 0 aliphatic rings. The molecule has 0 N–H and O–H groups in total. The largest absolute Gasteiger partial charge is 1.00 e. The minimum atomic E-state index is -5.24. The molecule has 0 saturated carbocycles. The second kappa shape index (κ2) is 19.9. The van der Waals surface area contributed by atoms with Crippen molar-refractivity contribution in [3.05, 3.63) is 0 Å². The predicted molar refractivity (Wildman–Crippen MR) is 116 cm³/mol. The van der Waals surface area contributed by atoms with E-state index in [9.17, 15) is 23.9 Å². The fraction of sp³-hybridized carbons (Fsp3) is 0.263. The zero-order valence-corrected chi connectivity index (χ0v) is 21.0. The van der Waals surface area contributed by atoms with E-state index in [1.807, 2.05) is 5.92 Å². The summed E-state index contributed by atoms with van der Waals surface area (Å²) in [4.78, 5) is 43.5. The van der Waals surface area contributed by atoms with E-state index in [4.69, 9.17) is 11.2 Å². The van der Waals surface area contributed by atoms with Crippen molar-refractivity contribution < 1.29 is 109 Å². The zero-order valence-electron chi connectivity index (χ0n) is 16.1. The van der Waals surface area contributed by atoms with Gasteiger partial charge in [-0.05, 0) is 72.5 Å². The molecule has 160 valence electrons. The number of esters is 1. The Labute approximate surface area is 232 Å². The van der Waals surface area contributed by atoms with Gasteiger partial charge in [0.05, 0.1) is 14.4 Å². The normalized spacial score (nSPS) is 8.76. The van der Waals surface area contributed by atoms with Crippen molar-refractivity contribution in [1.29, 1.82) is 0 Å². The maximum atomic E-state index is 11.5. The number of hydrogen-bond donors (Lipinski definition) is 0. The van der Waals surface area contributed by atoms with E-state index in [1.165, 1.54) is 6.92 Å². The first-order valence-corrected chi connectivity index (χ1v) is 8.54. The number of ether oxygens (including phenoxy) is 1. The molecular formula is C19H35Na2O7P. The Kier molecular flexibility index (Phi) is 22.2. The first kappa shape index (κ1) is 32.3. The summed E-state index contributed by atoms with van der Waals surface area (Å²) < 4.78 is 19.4. The summed E-state index contributed by atoms with van der Waals surface area (Å²) >= 11 is 0. The summed E-state index contributed by atoms with van der Waals surface area (Å²) in [6.07, 6.45) is 3.73. The third kappa shape index (κ3) is 24.6. The first-order valence-electron chi connectivity index (χ1n) is 7.08. The van der Waals surface area contributed by atoms with Crippen LogP contribution in [0.1, 0.15) is 36.9 Å². The van der Waals surface area contributed by atoms with Gasteiger partial charge in [0.1, 0.15) is 11.9 Å². The number of Topliss-reactive ketones (excluding diaryl/α,β-unsaturated/α-hetero) is 1. The van der Waals surface area contributed by atoms with Gasteiger partial charge >= 0.3 is 65.1 Å². The van der Waals surface area contributed by atoms with Crippen LogP contribution in [0.2, 0.25) is 0 Å². The van der Waals surface area contributed by atoms with Gasteiger partial charge in [0.15, 0.2) is 0 Å². The van der Waals surface area contributed by atoms with Crippen molar-refractivity contribution in [2.24, 2.45) is 0 Å². The summed E-state index contributed by atoms with van der Waals surface area (Å²) in [7, 11) is -5.24. The third-order valence-corrected chi connectivity index (χ3v) is 2.71. The molecule has 0 rings (SSSR count). The Morgan fingerprint density at radius 1 is 1.00 bits per heavy atom. The van der Waals surface area contributed by atoms with Crippen molar-refractivity contribution >= 4 is 19.6 Å². The molecule has 0 aliphatic heterocycles. The van der Waals surface area contributed by atoms with Crippen LogP contribution in [0.4, 0.5) is 0 Å². The van der Waals surface area contributed by atoms with Crippen molar-refractivity contribution in [2.45, 2.75) is 25.9 Å². The van der Waals surface area contributed by atoms with Gasteiger partial charge in [0.2, 0.25) is 0 Å². The Hall–Kier alpha value is -1.39. The molecule has 0 saturated heterocycles. The molecule has 7 nitrogen and oxygen atoms in total. The van der Waals surface area contributed by atoms with Gasteiger partial charge in [-0.25, -0.2) is 4.79 Å². The van der Waals surface area contributed by atoms with Gasteiger partial charge in [-0.1, -0.05) is 0 Å². The van der Waals surface area contributed by atoms with Crippen molar-refractivity contribution in [3.63, 3.8) is 0 Å². The molecule has 0 heterocycles. The average molecular weight is 452 g/mol. The van der Waals surface area contributed by atoms with Gasteiger partial charge in [-0.15, -0.1) is 6.42 Å². The van der Waals surface area contributed by atoms with Gasteiger partial charge in [-0.3, -0.25) is 0 Å².